The van der Waals surface area contributed by atoms with Crippen molar-refractivity contribution in [1.82, 2.24) is 10.2 Å². The summed E-state index contributed by atoms with van der Waals surface area (Å²) in [7, 11) is -2.66. The number of nitrogens with one attached hydrogen (secondary N) is 1. The molecule has 0 bridgehead atoms. The maximum Gasteiger partial charge on any atom is 0.264 e. The molecule has 3 rings (SSSR count). The molecule has 0 aliphatic carbocycles. The number of sulfonamides is 1. The summed E-state index contributed by atoms with van der Waals surface area (Å²) in [5.74, 6) is -0.409. The van der Waals surface area contributed by atoms with Gasteiger partial charge < -0.3 is 15.0 Å². The molecule has 3 aromatic rings. The Morgan fingerprint density at radius 2 is 1.55 bits per heavy atom. The molecule has 0 saturated carbocycles. The van der Waals surface area contributed by atoms with Crippen LogP contribution in [0.15, 0.2) is 77.7 Å². The maximum atomic E-state index is 14.1. The minimum absolute atomic E-state index is 0.0204. The van der Waals surface area contributed by atoms with E-state index in [1.807, 2.05) is 6.92 Å². The van der Waals surface area contributed by atoms with Gasteiger partial charge in [0.05, 0.1) is 17.7 Å². The smallest absolute Gasteiger partial charge is 0.264 e. The Morgan fingerprint density at radius 3 is 2.10 bits per heavy atom. The molecule has 0 saturated heterocycles. The molecule has 1 N–H and O–H groups in total. The van der Waals surface area contributed by atoms with Crippen LogP contribution in [0.3, 0.4) is 0 Å². The second-order valence-electron chi connectivity index (χ2n) is 8.96. The van der Waals surface area contributed by atoms with Crippen LogP contribution in [0, 0.1) is 0 Å². The normalized spacial score (nSPS) is 11.9. The third kappa shape index (κ3) is 7.47. The fourth-order valence-corrected chi connectivity index (χ4v) is 6.09. The van der Waals surface area contributed by atoms with E-state index in [0.717, 1.165) is 4.31 Å². The molecule has 0 spiro atoms. The third-order valence-corrected chi connectivity index (χ3v) is 8.79. The number of hydrogen-bond donors (Lipinski definition) is 1. The van der Waals surface area contributed by atoms with Crippen LogP contribution in [0.25, 0.3) is 0 Å². The first-order chi connectivity index (χ1) is 19.1. The lowest BCUT2D eigenvalue weighted by Gasteiger charge is -2.33. The molecule has 0 aliphatic heterocycles. The number of halogens is 2. The first-order valence-corrected chi connectivity index (χ1v) is 15.1. The highest BCUT2D eigenvalue weighted by Crippen LogP contribution is 2.29. The first kappa shape index (κ1) is 31.3. The highest BCUT2D eigenvalue weighted by molar-refractivity contribution is 7.92. The van der Waals surface area contributed by atoms with Gasteiger partial charge in [-0.2, -0.15) is 0 Å². The van der Waals surface area contributed by atoms with Crippen molar-refractivity contribution in [2.45, 2.75) is 44.2 Å². The van der Waals surface area contributed by atoms with Gasteiger partial charge in [0.25, 0.3) is 10.0 Å². The number of carbonyl (C=O) groups excluding carboxylic acids is 2. The summed E-state index contributed by atoms with van der Waals surface area (Å²) in [6.45, 7) is 3.49. The van der Waals surface area contributed by atoms with Crippen molar-refractivity contribution >= 4 is 50.7 Å². The van der Waals surface area contributed by atoms with E-state index in [1.165, 1.54) is 24.1 Å². The molecule has 2 amide bonds. The number of carbonyl (C=O) groups is 2. The largest absolute Gasteiger partial charge is 0.497 e. The van der Waals surface area contributed by atoms with Crippen molar-refractivity contribution in [1.29, 1.82) is 0 Å². The number of nitrogens with zero attached hydrogens (tertiary/aromatic N) is 2. The topological polar surface area (TPSA) is 96.0 Å². The molecule has 0 heterocycles. The first-order valence-electron chi connectivity index (χ1n) is 12.9. The molecule has 0 radical (unpaired) electrons. The van der Waals surface area contributed by atoms with Crippen LogP contribution in [-0.2, 0) is 26.2 Å². The maximum absolute atomic E-state index is 14.1. The number of rotatable bonds is 13. The zero-order valence-electron chi connectivity index (χ0n) is 22.6. The van der Waals surface area contributed by atoms with E-state index in [-0.39, 0.29) is 29.5 Å². The van der Waals surface area contributed by atoms with Gasteiger partial charge in [-0.05, 0) is 61.4 Å². The molecular formula is C29H33Cl2N3O5S. The molecule has 1 unspecified atom stereocenters. The highest BCUT2D eigenvalue weighted by Gasteiger charge is 2.34. The number of hydrogen-bond acceptors (Lipinski definition) is 5. The van der Waals surface area contributed by atoms with E-state index < -0.39 is 28.5 Å². The van der Waals surface area contributed by atoms with Gasteiger partial charge in [-0.15, -0.1) is 0 Å². The van der Waals surface area contributed by atoms with Crippen LogP contribution in [0.4, 0.5) is 5.69 Å². The number of anilines is 1. The average Bonchev–Trinajstić information content (AvgIpc) is 2.96. The lowest BCUT2D eigenvalue weighted by molar-refractivity contribution is -0.140. The van der Waals surface area contributed by atoms with E-state index >= 15 is 0 Å². The fourth-order valence-electron chi connectivity index (χ4n) is 4.14. The lowest BCUT2D eigenvalue weighted by atomic mass is 10.1. The van der Waals surface area contributed by atoms with Crippen LogP contribution in [0.1, 0.15) is 32.3 Å². The summed E-state index contributed by atoms with van der Waals surface area (Å²) >= 11 is 12.9. The molecule has 3 aromatic carbocycles. The molecule has 1 atom stereocenters. The quantitative estimate of drug-likeness (QED) is 0.276. The zero-order chi connectivity index (χ0) is 29.3. The Hall–Kier alpha value is -3.27. The van der Waals surface area contributed by atoms with Crippen molar-refractivity contribution < 1.29 is 22.7 Å². The minimum atomic E-state index is -4.17. The lowest BCUT2D eigenvalue weighted by Crippen LogP contribution is -2.52. The Balaban J connectivity index is 2.08. The van der Waals surface area contributed by atoms with E-state index in [4.69, 9.17) is 27.9 Å². The van der Waals surface area contributed by atoms with Gasteiger partial charge in [0.15, 0.2) is 0 Å². The summed E-state index contributed by atoms with van der Waals surface area (Å²) in [5.41, 5.74) is 0.722. The van der Waals surface area contributed by atoms with Crippen LogP contribution < -0.4 is 14.4 Å². The number of amides is 2. The van der Waals surface area contributed by atoms with Gasteiger partial charge in [0.1, 0.15) is 18.3 Å². The number of ether oxygens (including phenoxy) is 1. The SMILES string of the molecule is CCCNC(=O)C(CC)N(Cc1c(Cl)cccc1Cl)C(=O)CN(c1ccc(OC)cc1)S(=O)(=O)c1ccccc1. The average molecular weight is 607 g/mol. The summed E-state index contributed by atoms with van der Waals surface area (Å²) in [5, 5.41) is 3.51. The van der Waals surface area contributed by atoms with Crippen LogP contribution in [-0.4, -0.2) is 51.4 Å². The van der Waals surface area contributed by atoms with Crippen LogP contribution in [0.2, 0.25) is 10.0 Å². The Bertz CT molecular complexity index is 1380. The van der Waals surface area contributed by atoms with Gasteiger partial charge >= 0.3 is 0 Å². The Morgan fingerprint density at radius 1 is 0.925 bits per heavy atom. The standard InChI is InChI=1S/C29H33Cl2N3O5S/c1-4-18-32-29(36)27(5-2)33(19-24-25(30)12-9-13-26(24)31)28(35)20-34(21-14-16-22(39-3)17-15-21)40(37,38)23-10-7-6-8-11-23/h6-17,27H,4-5,18-20H2,1-3H3,(H,32,36). The van der Waals surface area contributed by atoms with Gasteiger partial charge in [-0.1, -0.05) is 61.3 Å². The molecule has 0 aromatic heterocycles. The predicted molar refractivity (Wildman–Crippen MR) is 158 cm³/mol. The van der Waals surface area contributed by atoms with E-state index in [0.29, 0.717) is 34.3 Å². The van der Waals surface area contributed by atoms with Crippen molar-refractivity contribution in [3.05, 3.63) is 88.4 Å². The van der Waals surface area contributed by atoms with Gasteiger partial charge in [0, 0.05) is 28.7 Å². The van der Waals surface area contributed by atoms with Crippen molar-refractivity contribution in [3.63, 3.8) is 0 Å². The van der Waals surface area contributed by atoms with Crippen molar-refractivity contribution in [2.24, 2.45) is 0 Å². The summed E-state index contributed by atoms with van der Waals surface area (Å²) < 4.78 is 33.9. The van der Waals surface area contributed by atoms with E-state index in [9.17, 15) is 18.0 Å². The van der Waals surface area contributed by atoms with Crippen LogP contribution >= 0.6 is 23.2 Å². The highest BCUT2D eigenvalue weighted by atomic mass is 35.5. The number of methoxy groups -OCH3 is 1. The molecule has 11 heteroatoms. The third-order valence-electron chi connectivity index (χ3n) is 6.30. The summed E-state index contributed by atoms with van der Waals surface area (Å²) in [6, 6.07) is 18.3. The van der Waals surface area contributed by atoms with Crippen molar-refractivity contribution in [3.8, 4) is 5.75 Å². The predicted octanol–water partition coefficient (Wildman–Crippen LogP) is 5.53. The molecule has 40 heavy (non-hydrogen) atoms. The molecule has 0 aliphatic rings. The van der Waals surface area contributed by atoms with Crippen molar-refractivity contribution in [2.75, 3.05) is 24.5 Å². The van der Waals surface area contributed by atoms with E-state index in [2.05, 4.69) is 5.32 Å². The molecule has 8 nitrogen and oxygen atoms in total. The summed E-state index contributed by atoms with van der Waals surface area (Å²) in [6.07, 6.45) is 1.00. The van der Waals surface area contributed by atoms with Crippen LogP contribution in [0.5, 0.6) is 5.75 Å². The minimum Gasteiger partial charge on any atom is -0.497 e. The zero-order valence-corrected chi connectivity index (χ0v) is 25.0. The molecule has 214 valence electrons. The summed E-state index contributed by atoms with van der Waals surface area (Å²) in [4.78, 5) is 28.6. The van der Waals surface area contributed by atoms with Gasteiger partial charge in [0.2, 0.25) is 11.8 Å². The fraction of sp³-hybridized carbons (Fsp3) is 0.310. The second kappa shape index (κ2) is 14.4. The second-order valence-corrected chi connectivity index (χ2v) is 11.6. The van der Waals surface area contributed by atoms with Gasteiger partial charge in [-0.3, -0.25) is 13.9 Å². The monoisotopic (exact) mass is 605 g/mol. The number of benzene rings is 3. The Kier molecular flexibility index (Phi) is 11.2. The van der Waals surface area contributed by atoms with E-state index in [1.54, 1.807) is 67.6 Å². The van der Waals surface area contributed by atoms with Gasteiger partial charge in [-0.25, -0.2) is 8.42 Å². The molecule has 0 fully saturated rings. The Labute approximate surface area is 245 Å². The molecular weight excluding hydrogens is 573 g/mol.